The van der Waals surface area contributed by atoms with Crippen LogP contribution in [-0.4, -0.2) is 35.2 Å². The van der Waals surface area contributed by atoms with Gasteiger partial charge in [-0.3, -0.25) is 4.79 Å². The van der Waals surface area contributed by atoms with Gasteiger partial charge in [-0.15, -0.1) is 0 Å². The number of carbonyl (C=O) groups excluding carboxylic acids is 1. The third-order valence-electron chi connectivity index (χ3n) is 4.04. The number of hydrogen-bond donors (Lipinski definition) is 1. The summed E-state index contributed by atoms with van der Waals surface area (Å²) in [7, 11) is 0. The van der Waals surface area contributed by atoms with Crippen LogP contribution in [0.5, 0.6) is 0 Å². The quantitative estimate of drug-likeness (QED) is 0.899. The number of piperidine rings is 1. The van der Waals surface area contributed by atoms with Crippen LogP contribution in [0.15, 0.2) is 30.3 Å². The third-order valence-corrected chi connectivity index (χ3v) is 4.04. The maximum Gasteiger partial charge on any atom is 0.410 e. The van der Waals surface area contributed by atoms with E-state index in [4.69, 9.17) is 9.84 Å². The molecule has 1 aliphatic carbocycles. The Bertz CT molecular complexity index is 515. The molecule has 0 spiro atoms. The zero-order valence-corrected chi connectivity index (χ0v) is 10.4. The molecule has 0 bridgehead atoms. The zero-order valence-electron chi connectivity index (χ0n) is 10.4. The average Bonchev–Trinajstić information content (AvgIpc) is 3.00. The minimum atomic E-state index is -0.796. The highest BCUT2D eigenvalue weighted by molar-refractivity contribution is 5.81. The van der Waals surface area contributed by atoms with Crippen LogP contribution in [0.2, 0.25) is 0 Å². The van der Waals surface area contributed by atoms with Gasteiger partial charge in [-0.05, 0) is 17.9 Å². The van der Waals surface area contributed by atoms with E-state index in [2.05, 4.69) is 0 Å². The molecule has 2 aliphatic rings. The topological polar surface area (TPSA) is 66.8 Å². The van der Waals surface area contributed by atoms with Crippen molar-refractivity contribution in [2.45, 2.75) is 13.0 Å². The smallest absolute Gasteiger partial charge is 0.410 e. The van der Waals surface area contributed by atoms with Gasteiger partial charge < -0.3 is 14.7 Å². The molecule has 1 saturated carbocycles. The molecule has 1 saturated heterocycles. The van der Waals surface area contributed by atoms with Crippen molar-refractivity contribution in [3.05, 3.63) is 35.9 Å². The number of amides is 1. The normalized spacial score (nSPS) is 27.8. The summed E-state index contributed by atoms with van der Waals surface area (Å²) in [6.45, 7) is 1.00. The molecule has 1 aromatic rings. The van der Waals surface area contributed by atoms with E-state index in [1.807, 2.05) is 30.3 Å². The summed E-state index contributed by atoms with van der Waals surface area (Å²) in [4.78, 5) is 24.5. The van der Waals surface area contributed by atoms with Crippen molar-refractivity contribution >= 4 is 12.1 Å². The highest BCUT2D eigenvalue weighted by Gasteiger charge is 2.66. The molecule has 1 N–H and O–H groups in total. The predicted octanol–water partition coefficient (Wildman–Crippen LogP) is 1.73. The van der Waals surface area contributed by atoms with Crippen molar-refractivity contribution < 1.29 is 19.4 Å². The SMILES string of the molecule is O=C(OCc1ccccc1)N1C[C@H]2C[C@@]2(C(=O)O)C1. The van der Waals surface area contributed by atoms with Gasteiger partial charge in [0, 0.05) is 13.1 Å². The Kier molecular flexibility index (Phi) is 2.69. The summed E-state index contributed by atoms with van der Waals surface area (Å²) in [5.74, 6) is -0.690. The van der Waals surface area contributed by atoms with Crippen molar-refractivity contribution in [3.8, 4) is 0 Å². The van der Waals surface area contributed by atoms with Gasteiger partial charge in [0.15, 0.2) is 0 Å². The van der Waals surface area contributed by atoms with E-state index < -0.39 is 17.5 Å². The highest BCUT2D eigenvalue weighted by Crippen LogP contribution is 2.57. The fourth-order valence-corrected chi connectivity index (χ4v) is 2.76. The molecule has 2 atom stereocenters. The Hall–Kier alpha value is -2.04. The first kappa shape index (κ1) is 12.0. The maximum absolute atomic E-state index is 11.9. The fourth-order valence-electron chi connectivity index (χ4n) is 2.76. The first-order valence-electron chi connectivity index (χ1n) is 6.31. The van der Waals surface area contributed by atoms with E-state index in [1.165, 1.54) is 4.90 Å². The summed E-state index contributed by atoms with van der Waals surface area (Å²) in [5.41, 5.74) is 0.235. The van der Waals surface area contributed by atoms with Gasteiger partial charge in [0.25, 0.3) is 0 Å². The van der Waals surface area contributed by atoms with E-state index in [1.54, 1.807) is 0 Å². The highest BCUT2D eigenvalue weighted by atomic mass is 16.6. The first-order chi connectivity index (χ1) is 9.12. The Balaban J connectivity index is 1.54. The monoisotopic (exact) mass is 261 g/mol. The minimum absolute atomic E-state index is 0.106. The Morgan fingerprint density at radius 2 is 2.11 bits per heavy atom. The number of carboxylic acid groups (broad SMARTS) is 1. The number of aliphatic carboxylic acids is 1. The zero-order chi connectivity index (χ0) is 13.5. The standard InChI is InChI=1S/C14H15NO4/c16-12(17)14-6-11(14)7-15(9-14)13(18)19-8-10-4-2-1-3-5-10/h1-5,11H,6-9H2,(H,16,17)/t11-,14-/m1/s1. The molecular formula is C14H15NO4. The van der Waals surface area contributed by atoms with E-state index >= 15 is 0 Å². The van der Waals surface area contributed by atoms with Gasteiger partial charge in [-0.2, -0.15) is 0 Å². The number of carboxylic acids is 1. The van der Waals surface area contributed by atoms with Crippen molar-refractivity contribution in [1.82, 2.24) is 4.90 Å². The number of likely N-dealkylation sites (tertiary alicyclic amines) is 1. The summed E-state index contributed by atoms with van der Waals surface area (Å²) in [5, 5.41) is 9.14. The summed E-state index contributed by atoms with van der Waals surface area (Å²) in [6, 6.07) is 9.43. The second-order valence-electron chi connectivity index (χ2n) is 5.28. The molecule has 5 nitrogen and oxygen atoms in total. The Morgan fingerprint density at radius 1 is 1.37 bits per heavy atom. The fraction of sp³-hybridized carbons (Fsp3) is 0.429. The molecule has 5 heteroatoms. The molecule has 0 radical (unpaired) electrons. The van der Waals surface area contributed by atoms with Crippen molar-refractivity contribution in [2.24, 2.45) is 11.3 Å². The number of fused-ring (bicyclic) bond motifs is 1. The van der Waals surface area contributed by atoms with Crippen LogP contribution in [-0.2, 0) is 16.1 Å². The predicted molar refractivity (Wildman–Crippen MR) is 66.4 cm³/mol. The number of carbonyl (C=O) groups is 2. The van der Waals surface area contributed by atoms with E-state index in [9.17, 15) is 9.59 Å². The van der Waals surface area contributed by atoms with Gasteiger partial charge in [0.2, 0.25) is 0 Å². The lowest BCUT2D eigenvalue weighted by Crippen LogP contribution is -2.34. The lowest BCUT2D eigenvalue weighted by Gasteiger charge is -2.19. The molecule has 1 amide bonds. The van der Waals surface area contributed by atoms with Crippen LogP contribution < -0.4 is 0 Å². The maximum atomic E-state index is 11.9. The van der Waals surface area contributed by atoms with Gasteiger partial charge >= 0.3 is 12.1 Å². The van der Waals surface area contributed by atoms with Crippen LogP contribution >= 0.6 is 0 Å². The number of rotatable bonds is 3. The van der Waals surface area contributed by atoms with E-state index in [0.717, 1.165) is 5.56 Å². The molecule has 100 valence electrons. The lowest BCUT2D eigenvalue weighted by molar-refractivity contribution is -0.143. The molecule has 2 fully saturated rings. The molecular weight excluding hydrogens is 246 g/mol. The number of nitrogens with zero attached hydrogens (tertiary/aromatic N) is 1. The van der Waals surface area contributed by atoms with Crippen LogP contribution in [0.25, 0.3) is 0 Å². The Labute approximate surface area is 110 Å². The van der Waals surface area contributed by atoms with Gasteiger partial charge in [-0.1, -0.05) is 30.3 Å². The second kappa shape index (κ2) is 4.26. The molecule has 19 heavy (non-hydrogen) atoms. The van der Waals surface area contributed by atoms with Gasteiger partial charge in [0.1, 0.15) is 6.61 Å². The molecule has 3 rings (SSSR count). The van der Waals surface area contributed by atoms with Crippen molar-refractivity contribution in [3.63, 3.8) is 0 Å². The summed E-state index contributed by atoms with van der Waals surface area (Å²) < 4.78 is 5.20. The van der Waals surface area contributed by atoms with Crippen molar-refractivity contribution in [1.29, 1.82) is 0 Å². The third kappa shape index (κ3) is 2.05. The number of benzene rings is 1. The number of hydrogen-bond acceptors (Lipinski definition) is 3. The Morgan fingerprint density at radius 3 is 2.74 bits per heavy atom. The van der Waals surface area contributed by atoms with Crippen LogP contribution in [0.1, 0.15) is 12.0 Å². The van der Waals surface area contributed by atoms with Crippen LogP contribution in [0.3, 0.4) is 0 Å². The summed E-state index contributed by atoms with van der Waals surface area (Å²) >= 11 is 0. The minimum Gasteiger partial charge on any atom is -0.481 e. The van der Waals surface area contributed by atoms with Gasteiger partial charge in [0.05, 0.1) is 5.41 Å². The molecule has 1 aromatic carbocycles. The molecule has 0 unspecified atom stereocenters. The molecule has 0 aromatic heterocycles. The van der Waals surface area contributed by atoms with Crippen molar-refractivity contribution in [2.75, 3.05) is 13.1 Å². The first-order valence-corrected chi connectivity index (χ1v) is 6.31. The molecule has 1 heterocycles. The van der Waals surface area contributed by atoms with E-state index in [0.29, 0.717) is 13.0 Å². The van der Waals surface area contributed by atoms with Gasteiger partial charge in [-0.25, -0.2) is 4.79 Å². The number of ether oxygens (including phenoxy) is 1. The van der Waals surface area contributed by atoms with E-state index in [-0.39, 0.29) is 19.1 Å². The lowest BCUT2D eigenvalue weighted by atomic mass is 10.1. The summed E-state index contributed by atoms with van der Waals surface area (Å²) in [6.07, 6.45) is 0.266. The van der Waals surface area contributed by atoms with Crippen LogP contribution in [0.4, 0.5) is 4.79 Å². The molecule has 1 aliphatic heterocycles. The second-order valence-corrected chi connectivity index (χ2v) is 5.28. The van der Waals surface area contributed by atoms with Crippen LogP contribution in [0, 0.1) is 11.3 Å². The average molecular weight is 261 g/mol. The largest absolute Gasteiger partial charge is 0.481 e.